The number of carbonyl (C=O) groups is 1. The maximum absolute atomic E-state index is 12.5. The Bertz CT molecular complexity index is 559. The molecule has 22 heavy (non-hydrogen) atoms. The van der Waals surface area contributed by atoms with Gasteiger partial charge in [0, 0.05) is 31.1 Å². The number of nitrogens with zero attached hydrogens (tertiary/aromatic N) is 2. The summed E-state index contributed by atoms with van der Waals surface area (Å²) in [6.45, 7) is 2.93. The van der Waals surface area contributed by atoms with Crippen LogP contribution in [0.25, 0.3) is 0 Å². The van der Waals surface area contributed by atoms with Gasteiger partial charge in [-0.2, -0.15) is 0 Å². The standard InChI is InChI=1S/C18H27N3O/c1-12-10-21-11-14(7-8-17(21)19-12)20-18(22)16-9-15(16)13-5-3-2-4-6-13/h10,13-16H,2-9,11H2,1H3,(H,20,22)/t14-,15-,16+/m0/s1. The molecule has 1 aliphatic heterocycles. The second kappa shape index (κ2) is 5.71. The predicted octanol–water partition coefficient (Wildman–Crippen LogP) is 2.84. The van der Waals surface area contributed by atoms with E-state index in [1.807, 2.05) is 6.92 Å². The molecule has 0 bridgehead atoms. The van der Waals surface area contributed by atoms with E-state index in [0.717, 1.165) is 37.4 Å². The molecule has 1 N–H and O–H groups in total. The fraction of sp³-hybridized carbons (Fsp3) is 0.778. The van der Waals surface area contributed by atoms with Crippen molar-refractivity contribution in [2.24, 2.45) is 17.8 Å². The van der Waals surface area contributed by atoms with Gasteiger partial charge in [0.15, 0.2) is 0 Å². The van der Waals surface area contributed by atoms with E-state index in [1.165, 1.54) is 37.9 Å². The fourth-order valence-electron chi connectivity index (χ4n) is 4.61. The second-order valence-electron chi connectivity index (χ2n) is 7.60. The van der Waals surface area contributed by atoms with Crippen molar-refractivity contribution in [3.63, 3.8) is 0 Å². The molecule has 0 saturated heterocycles. The number of fused-ring (bicyclic) bond motifs is 1. The van der Waals surface area contributed by atoms with Crippen LogP contribution in [0.1, 0.15) is 56.5 Å². The molecule has 1 aromatic rings. The normalized spacial score (nSPS) is 31.6. The van der Waals surface area contributed by atoms with E-state index in [1.54, 1.807) is 0 Å². The van der Waals surface area contributed by atoms with Crippen LogP contribution in [0.4, 0.5) is 0 Å². The molecule has 2 saturated carbocycles. The van der Waals surface area contributed by atoms with Gasteiger partial charge in [0.2, 0.25) is 5.91 Å². The van der Waals surface area contributed by atoms with Gasteiger partial charge in [0.25, 0.3) is 0 Å². The predicted molar refractivity (Wildman–Crippen MR) is 85.4 cm³/mol. The summed E-state index contributed by atoms with van der Waals surface area (Å²) >= 11 is 0. The molecule has 2 heterocycles. The molecule has 1 amide bonds. The number of nitrogens with one attached hydrogen (secondary N) is 1. The summed E-state index contributed by atoms with van der Waals surface area (Å²) in [5.74, 6) is 3.33. The van der Waals surface area contributed by atoms with E-state index in [4.69, 9.17) is 0 Å². The third-order valence-electron chi connectivity index (χ3n) is 5.89. The van der Waals surface area contributed by atoms with Gasteiger partial charge in [-0.05, 0) is 31.6 Å². The Balaban J connectivity index is 1.30. The molecule has 4 nitrogen and oxygen atoms in total. The average molecular weight is 301 g/mol. The number of hydrogen-bond donors (Lipinski definition) is 1. The van der Waals surface area contributed by atoms with Gasteiger partial charge in [-0.1, -0.05) is 32.1 Å². The van der Waals surface area contributed by atoms with Crippen molar-refractivity contribution in [1.82, 2.24) is 14.9 Å². The lowest BCUT2D eigenvalue weighted by Gasteiger charge is -2.25. The van der Waals surface area contributed by atoms with Crippen molar-refractivity contribution in [2.75, 3.05) is 0 Å². The highest BCUT2D eigenvalue weighted by atomic mass is 16.2. The number of carbonyl (C=O) groups excluding carboxylic acids is 1. The summed E-state index contributed by atoms with van der Waals surface area (Å²) in [5.41, 5.74) is 1.08. The van der Waals surface area contributed by atoms with Crippen LogP contribution in [0, 0.1) is 24.7 Å². The Morgan fingerprint density at radius 1 is 1.27 bits per heavy atom. The molecular weight excluding hydrogens is 274 g/mol. The lowest BCUT2D eigenvalue weighted by atomic mass is 9.85. The Morgan fingerprint density at radius 3 is 2.91 bits per heavy atom. The van der Waals surface area contributed by atoms with Crippen LogP contribution in [0.5, 0.6) is 0 Å². The smallest absolute Gasteiger partial charge is 0.223 e. The first-order chi connectivity index (χ1) is 10.7. The van der Waals surface area contributed by atoms with Crippen molar-refractivity contribution in [3.8, 4) is 0 Å². The quantitative estimate of drug-likeness (QED) is 0.933. The minimum absolute atomic E-state index is 0.293. The Kier molecular flexibility index (Phi) is 3.71. The molecule has 0 radical (unpaired) electrons. The molecule has 0 unspecified atom stereocenters. The summed E-state index contributed by atoms with van der Waals surface area (Å²) in [6, 6.07) is 0.293. The zero-order valence-corrected chi connectivity index (χ0v) is 13.6. The third kappa shape index (κ3) is 2.80. The van der Waals surface area contributed by atoms with E-state index in [-0.39, 0.29) is 0 Å². The van der Waals surface area contributed by atoms with E-state index < -0.39 is 0 Å². The van der Waals surface area contributed by atoms with E-state index in [9.17, 15) is 4.79 Å². The van der Waals surface area contributed by atoms with Crippen molar-refractivity contribution in [1.29, 1.82) is 0 Å². The summed E-state index contributed by atoms with van der Waals surface area (Å²) in [7, 11) is 0. The SMILES string of the molecule is Cc1cn2c(n1)CC[C@H](NC(=O)[C@@H]1C[C@H]1C1CCCCC1)C2. The number of amides is 1. The van der Waals surface area contributed by atoms with E-state index >= 15 is 0 Å². The molecule has 3 atom stereocenters. The molecule has 3 aliphatic rings. The van der Waals surface area contributed by atoms with Gasteiger partial charge in [-0.3, -0.25) is 4.79 Å². The summed E-state index contributed by atoms with van der Waals surface area (Å²) in [5, 5.41) is 3.31. The number of rotatable bonds is 3. The zero-order valence-electron chi connectivity index (χ0n) is 13.6. The highest BCUT2D eigenvalue weighted by molar-refractivity contribution is 5.81. The molecule has 0 aromatic carbocycles. The third-order valence-corrected chi connectivity index (χ3v) is 5.89. The Labute approximate surface area is 132 Å². The van der Waals surface area contributed by atoms with Crippen LogP contribution < -0.4 is 5.32 Å². The van der Waals surface area contributed by atoms with Gasteiger partial charge in [-0.25, -0.2) is 4.98 Å². The second-order valence-corrected chi connectivity index (χ2v) is 7.60. The van der Waals surface area contributed by atoms with Gasteiger partial charge in [-0.15, -0.1) is 0 Å². The first-order valence-electron chi connectivity index (χ1n) is 9.04. The molecule has 4 rings (SSSR count). The van der Waals surface area contributed by atoms with Gasteiger partial charge < -0.3 is 9.88 Å². The number of hydrogen-bond acceptors (Lipinski definition) is 2. The van der Waals surface area contributed by atoms with Crippen LogP contribution in [-0.2, 0) is 17.8 Å². The van der Waals surface area contributed by atoms with Gasteiger partial charge >= 0.3 is 0 Å². The molecule has 120 valence electrons. The lowest BCUT2D eigenvalue weighted by Crippen LogP contribution is -2.42. The van der Waals surface area contributed by atoms with Gasteiger partial charge in [0.1, 0.15) is 5.82 Å². The number of aromatic nitrogens is 2. The molecule has 2 aliphatic carbocycles. The molecule has 2 fully saturated rings. The minimum atomic E-state index is 0.293. The summed E-state index contributed by atoms with van der Waals surface area (Å²) < 4.78 is 2.22. The van der Waals surface area contributed by atoms with E-state index in [2.05, 4.69) is 21.1 Å². The molecular formula is C18H27N3O. The maximum atomic E-state index is 12.5. The monoisotopic (exact) mass is 301 g/mol. The van der Waals surface area contributed by atoms with Crippen LogP contribution in [0.2, 0.25) is 0 Å². The maximum Gasteiger partial charge on any atom is 0.223 e. The van der Waals surface area contributed by atoms with Crippen molar-refractivity contribution in [3.05, 3.63) is 17.7 Å². The van der Waals surface area contributed by atoms with Crippen molar-refractivity contribution >= 4 is 5.91 Å². The lowest BCUT2D eigenvalue weighted by molar-refractivity contribution is -0.123. The molecule has 0 spiro atoms. The zero-order chi connectivity index (χ0) is 15.1. The van der Waals surface area contributed by atoms with Gasteiger partial charge in [0.05, 0.1) is 5.69 Å². The fourth-order valence-corrected chi connectivity index (χ4v) is 4.61. The Hall–Kier alpha value is -1.32. The van der Waals surface area contributed by atoms with Crippen LogP contribution in [0.3, 0.4) is 0 Å². The first-order valence-corrected chi connectivity index (χ1v) is 9.04. The Morgan fingerprint density at radius 2 is 2.09 bits per heavy atom. The largest absolute Gasteiger partial charge is 0.351 e. The topological polar surface area (TPSA) is 46.9 Å². The van der Waals surface area contributed by atoms with Crippen LogP contribution >= 0.6 is 0 Å². The summed E-state index contributed by atoms with van der Waals surface area (Å²) in [4.78, 5) is 17.0. The highest BCUT2D eigenvalue weighted by Gasteiger charge is 2.47. The van der Waals surface area contributed by atoms with Crippen LogP contribution in [0.15, 0.2) is 6.20 Å². The number of imidazole rings is 1. The van der Waals surface area contributed by atoms with Crippen LogP contribution in [-0.4, -0.2) is 21.5 Å². The first kappa shape index (κ1) is 14.3. The van der Waals surface area contributed by atoms with Crippen molar-refractivity contribution in [2.45, 2.75) is 70.9 Å². The number of aryl methyl sites for hydroxylation is 2. The van der Waals surface area contributed by atoms with Crippen molar-refractivity contribution < 1.29 is 4.79 Å². The average Bonchev–Trinajstić information content (AvgIpc) is 3.24. The summed E-state index contributed by atoms with van der Waals surface area (Å²) in [6.07, 6.45) is 12.1. The highest BCUT2D eigenvalue weighted by Crippen LogP contribution is 2.49. The van der Waals surface area contributed by atoms with E-state index in [0.29, 0.717) is 23.8 Å². The molecule has 1 aromatic heterocycles. The molecule has 4 heteroatoms. The minimum Gasteiger partial charge on any atom is -0.351 e.